The maximum Gasteiger partial charge on any atom is 0.341 e. The van der Waals surface area contributed by atoms with Crippen LogP contribution in [0.25, 0.3) is 5.69 Å². The standard InChI is InChI=1S/C18H16N2O3/c1-23-18(22)16-12-20(14-5-3-2-4-6-14)19-17(16)11-13-7-9-15(21)10-8-13/h2-10,12,21H,11H2,1H3. The fourth-order valence-corrected chi connectivity index (χ4v) is 2.34. The number of carbonyl (C=O) groups excluding carboxylic acids is 1. The largest absolute Gasteiger partial charge is 0.508 e. The van der Waals surface area contributed by atoms with Gasteiger partial charge in [-0.15, -0.1) is 0 Å². The molecule has 1 heterocycles. The molecule has 0 amide bonds. The molecule has 5 nitrogen and oxygen atoms in total. The number of benzene rings is 2. The van der Waals surface area contributed by atoms with Crippen LogP contribution in [-0.4, -0.2) is 28.0 Å². The molecule has 3 aromatic rings. The minimum absolute atomic E-state index is 0.205. The number of esters is 1. The first-order valence-electron chi connectivity index (χ1n) is 7.17. The van der Waals surface area contributed by atoms with Gasteiger partial charge < -0.3 is 9.84 Å². The van der Waals surface area contributed by atoms with Gasteiger partial charge in [0, 0.05) is 12.6 Å². The van der Waals surface area contributed by atoms with Gasteiger partial charge in [-0.3, -0.25) is 0 Å². The van der Waals surface area contributed by atoms with Crippen LogP contribution in [-0.2, 0) is 11.2 Å². The van der Waals surface area contributed by atoms with Crippen molar-refractivity contribution in [2.24, 2.45) is 0 Å². The van der Waals surface area contributed by atoms with Crippen molar-refractivity contribution in [3.05, 3.63) is 77.6 Å². The van der Waals surface area contributed by atoms with Gasteiger partial charge in [0.1, 0.15) is 11.3 Å². The van der Waals surface area contributed by atoms with E-state index in [0.29, 0.717) is 17.7 Å². The van der Waals surface area contributed by atoms with E-state index >= 15 is 0 Å². The van der Waals surface area contributed by atoms with Crippen LogP contribution in [0, 0.1) is 0 Å². The third-order valence-electron chi connectivity index (χ3n) is 3.52. The van der Waals surface area contributed by atoms with Gasteiger partial charge in [-0.25, -0.2) is 9.48 Å². The van der Waals surface area contributed by atoms with Crippen LogP contribution < -0.4 is 0 Å². The Hall–Kier alpha value is -3.08. The first kappa shape index (κ1) is 14.8. The molecule has 0 saturated carbocycles. The highest BCUT2D eigenvalue weighted by molar-refractivity contribution is 5.90. The number of rotatable bonds is 4. The average Bonchev–Trinajstić information content (AvgIpc) is 3.01. The van der Waals surface area contributed by atoms with Crippen LogP contribution in [0.2, 0.25) is 0 Å². The summed E-state index contributed by atoms with van der Waals surface area (Å²) in [7, 11) is 1.35. The van der Waals surface area contributed by atoms with Gasteiger partial charge in [0.2, 0.25) is 0 Å². The van der Waals surface area contributed by atoms with Crippen molar-refractivity contribution in [1.82, 2.24) is 9.78 Å². The highest BCUT2D eigenvalue weighted by Crippen LogP contribution is 2.18. The van der Waals surface area contributed by atoms with Gasteiger partial charge in [-0.2, -0.15) is 5.10 Å². The minimum Gasteiger partial charge on any atom is -0.508 e. The van der Waals surface area contributed by atoms with E-state index in [1.807, 2.05) is 30.3 Å². The van der Waals surface area contributed by atoms with Crippen LogP contribution in [0.15, 0.2) is 60.8 Å². The normalized spacial score (nSPS) is 10.5. The topological polar surface area (TPSA) is 64.4 Å². The van der Waals surface area contributed by atoms with E-state index in [1.54, 1.807) is 35.1 Å². The number of phenolic OH excluding ortho intramolecular Hbond substituents is 1. The van der Waals surface area contributed by atoms with E-state index in [-0.39, 0.29) is 5.75 Å². The second kappa shape index (κ2) is 6.36. The SMILES string of the molecule is COC(=O)c1cn(-c2ccccc2)nc1Cc1ccc(O)cc1. The van der Waals surface area contributed by atoms with Crippen molar-refractivity contribution in [2.75, 3.05) is 7.11 Å². The third kappa shape index (κ3) is 3.23. The quantitative estimate of drug-likeness (QED) is 0.753. The first-order chi connectivity index (χ1) is 11.2. The Morgan fingerprint density at radius 2 is 1.83 bits per heavy atom. The Morgan fingerprint density at radius 1 is 1.13 bits per heavy atom. The lowest BCUT2D eigenvalue weighted by atomic mass is 10.1. The second-order valence-electron chi connectivity index (χ2n) is 5.10. The smallest absolute Gasteiger partial charge is 0.341 e. The fourth-order valence-electron chi connectivity index (χ4n) is 2.34. The van der Waals surface area contributed by atoms with Gasteiger partial charge in [0.05, 0.1) is 18.5 Å². The molecule has 1 aromatic heterocycles. The van der Waals surface area contributed by atoms with Crippen LogP contribution >= 0.6 is 0 Å². The monoisotopic (exact) mass is 308 g/mol. The molecule has 116 valence electrons. The van der Waals surface area contributed by atoms with E-state index < -0.39 is 5.97 Å². The Bertz CT molecular complexity index is 808. The summed E-state index contributed by atoms with van der Waals surface area (Å²) in [6.45, 7) is 0. The van der Waals surface area contributed by atoms with E-state index in [4.69, 9.17) is 4.74 Å². The fraction of sp³-hybridized carbons (Fsp3) is 0.111. The Morgan fingerprint density at radius 3 is 2.48 bits per heavy atom. The predicted molar refractivity (Wildman–Crippen MR) is 85.8 cm³/mol. The number of aromatic hydroxyl groups is 1. The zero-order valence-electron chi connectivity index (χ0n) is 12.6. The molecule has 0 unspecified atom stereocenters. The molecular weight excluding hydrogens is 292 g/mol. The van der Waals surface area contributed by atoms with Crippen molar-refractivity contribution >= 4 is 5.97 Å². The van der Waals surface area contributed by atoms with Gasteiger partial charge in [-0.1, -0.05) is 30.3 Å². The second-order valence-corrected chi connectivity index (χ2v) is 5.10. The molecule has 0 aliphatic rings. The number of hydrogen-bond donors (Lipinski definition) is 1. The summed E-state index contributed by atoms with van der Waals surface area (Å²) >= 11 is 0. The molecule has 1 N–H and O–H groups in total. The summed E-state index contributed by atoms with van der Waals surface area (Å²) in [5, 5.41) is 13.9. The molecule has 2 aromatic carbocycles. The summed E-state index contributed by atoms with van der Waals surface area (Å²) in [6.07, 6.45) is 2.15. The Kier molecular flexibility index (Phi) is 4.10. The lowest BCUT2D eigenvalue weighted by Crippen LogP contribution is -2.04. The number of phenols is 1. The maximum absolute atomic E-state index is 12.0. The highest BCUT2D eigenvalue weighted by atomic mass is 16.5. The molecule has 0 aliphatic carbocycles. The Labute approximate surface area is 133 Å². The lowest BCUT2D eigenvalue weighted by Gasteiger charge is -2.02. The molecule has 23 heavy (non-hydrogen) atoms. The molecule has 0 aliphatic heterocycles. The van der Waals surface area contributed by atoms with Gasteiger partial charge in [0.15, 0.2) is 0 Å². The molecular formula is C18H16N2O3. The highest BCUT2D eigenvalue weighted by Gasteiger charge is 2.18. The maximum atomic E-state index is 12.0. The summed E-state index contributed by atoms with van der Waals surface area (Å²) in [5.74, 6) is -0.210. The molecule has 0 fully saturated rings. The zero-order chi connectivity index (χ0) is 16.2. The van der Waals surface area contributed by atoms with Gasteiger partial charge in [0.25, 0.3) is 0 Å². The average molecular weight is 308 g/mol. The molecule has 0 atom stereocenters. The van der Waals surface area contributed by atoms with Gasteiger partial charge in [-0.05, 0) is 29.8 Å². The number of methoxy groups -OCH3 is 1. The number of ether oxygens (including phenoxy) is 1. The third-order valence-corrected chi connectivity index (χ3v) is 3.52. The summed E-state index contributed by atoms with van der Waals surface area (Å²) in [4.78, 5) is 12.0. The van der Waals surface area contributed by atoms with Crippen LogP contribution in [0.1, 0.15) is 21.6 Å². The zero-order valence-corrected chi connectivity index (χ0v) is 12.6. The molecule has 5 heteroatoms. The van der Waals surface area contributed by atoms with E-state index in [1.165, 1.54) is 7.11 Å². The van der Waals surface area contributed by atoms with Crippen molar-refractivity contribution < 1.29 is 14.6 Å². The molecule has 0 spiro atoms. The van der Waals surface area contributed by atoms with Crippen LogP contribution in [0.4, 0.5) is 0 Å². The van der Waals surface area contributed by atoms with Crippen molar-refractivity contribution in [1.29, 1.82) is 0 Å². The molecule has 0 bridgehead atoms. The number of aromatic nitrogens is 2. The van der Waals surface area contributed by atoms with E-state index in [9.17, 15) is 9.90 Å². The molecule has 0 saturated heterocycles. The lowest BCUT2D eigenvalue weighted by molar-refractivity contribution is 0.0599. The summed E-state index contributed by atoms with van der Waals surface area (Å²) < 4.78 is 6.52. The first-order valence-corrected chi connectivity index (χ1v) is 7.17. The van der Waals surface area contributed by atoms with E-state index in [0.717, 1.165) is 11.3 Å². The van der Waals surface area contributed by atoms with Crippen molar-refractivity contribution in [2.45, 2.75) is 6.42 Å². The molecule has 3 rings (SSSR count). The number of para-hydroxylation sites is 1. The van der Waals surface area contributed by atoms with Gasteiger partial charge >= 0.3 is 5.97 Å². The Balaban J connectivity index is 1.98. The summed E-state index contributed by atoms with van der Waals surface area (Å²) in [5.41, 5.74) is 2.89. The van der Waals surface area contributed by atoms with Crippen LogP contribution in [0.3, 0.4) is 0 Å². The summed E-state index contributed by atoms with van der Waals surface area (Å²) in [6, 6.07) is 16.4. The van der Waals surface area contributed by atoms with E-state index in [2.05, 4.69) is 5.10 Å². The number of nitrogens with zero attached hydrogens (tertiary/aromatic N) is 2. The van der Waals surface area contributed by atoms with Crippen molar-refractivity contribution in [3.8, 4) is 11.4 Å². The minimum atomic E-state index is -0.416. The van der Waals surface area contributed by atoms with Crippen LogP contribution in [0.5, 0.6) is 5.75 Å². The number of carbonyl (C=O) groups is 1. The molecule has 0 radical (unpaired) electrons. The number of hydrogen-bond acceptors (Lipinski definition) is 4. The predicted octanol–water partition coefficient (Wildman–Crippen LogP) is 2.96. The van der Waals surface area contributed by atoms with Crippen molar-refractivity contribution in [3.63, 3.8) is 0 Å².